The van der Waals surface area contributed by atoms with Gasteiger partial charge >= 0.3 is 5.69 Å². The number of rotatable bonds is 4. The zero-order valence-corrected chi connectivity index (χ0v) is 11.9. The maximum atomic E-state index is 12.0. The van der Waals surface area contributed by atoms with Crippen molar-refractivity contribution in [2.75, 3.05) is 5.73 Å². The average molecular weight is 310 g/mol. The topological polar surface area (TPSA) is 52.9 Å². The molecule has 0 aliphatic heterocycles. The van der Waals surface area contributed by atoms with Crippen LogP contribution in [0.25, 0.3) is 0 Å². The fraction of sp³-hybridized carbons (Fsp3) is 0.308. The number of hydrogen-bond donors (Lipinski definition) is 1. The lowest BCUT2D eigenvalue weighted by Gasteiger charge is -2.07. The van der Waals surface area contributed by atoms with Crippen LogP contribution in [-0.4, -0.2) is 9.13 Å². The lowest BCUT2D eigenvalue weighted by Crippen LogP contribution is -2.24. The van der Waals surface area contributed by atoms with Gasteiger partial charge in [0.2, 0.25) is 0 Å². The third kappa shape index (κ3) is 2.51. The van der Waals surface area contributed by atoms with E-state index in [9.17, 15) is 4.79 Å². The fourth-order valence-corrected chi connectivity index (χ4v) is 2.28. The molecule has 0 saturated carbocycles. The summed E-state index contributed by atoms with van der Waals surface area (Å²) in [6.07, 6.45) is 4.59. The number of benzene rings is 1. The van der Waals surface area contributed by atoms with Crippen molar-refractivity contribution in [3.05, 3.63) is 51.1 Å². The average Bonchev–Trinajstić information content (AvgIpc) is 2.68. The van der Waals surface area contributed by atoms with Gasteiger partial charge in [0.25, 0.3) is 0 Å². The van der Waals surface area contributed by atoms with Crippen LogP contribution in [0.1, 0.15) is 18.9 Å². The molecule has 0 aliphatic rings. The molecule has 0 spiro atoms. The first-order valence-corrected chi connectivity index (χ1v) is 6.71. The minimum atomic E-state index is 0.0196. The number of aromatic nitrogens is 2. The summed E-state index contributed by atoms with van der Waals surface area (Å²) in [5, 5.41) is 0. The summed E-state index contributed by atoms with van der Waals surface area (Å²) in [7, 11) is 0. The van der Waals surface area contributed by atoms with E-state index in [1.165, 1.54) is 0 Å². The van der Waals surface area contributed by atoms with Crippen LogP contribution in [0.5, 0.6) is 0 Å². The van der Waals surface area contributed by atoms with E-state index in [0.29, 0.717) is 12.2 Å². The van der Waals surface area contributed by atoms with E-state index < -0.39 is 0 Å². The molecule has 0 amide bonds. The van der Waals surface area contributed by atoms with Gasteiger partial charge in [-0.05, 0) is 34.0 Å². The smallest absolute Gasteiger partial charge is 0.328 e. The van der Waals surface area contributed by atoms with Crippen LogP contribution in [0.15, 0.2) is 39.9 Å². The molecule has 2 N–H and O–H groups in total. The first-order valence-electron chi connectivity index (χ1n) is 5.92. The Labute approximate surface area is 114 Å². The number of anilines is 1. The van der Waals surface area contributed by atoms with Crippen molar-refractivity contribution in [1.29, 1.82) is 0 Å². The number of nitrogen functional groups attached to an aromatic ring is 1. The Balaban J connectivity index is 2.29. The molecule has 2 aromatic rings. The lowest BCUT2D eigenvalue weighted by atomic mass is 10.2. The SMILES string of the molecule is CCCn1ccn(Cc2cccc(N)c2Br)c1=O. The number of aryl methyl sites for hydroxylation is 1. The molecule has 0 bridgehead atoms. The molecule has 5 heteroatoms. The summed E-state index contributed by atoms with van der Waals surface area (Å²) in [5.41, 5.74) is 7.54. The number of nitrogens with two attached hydrogens (primary N) is 1. The standard InChI is InChI=1S/C13H16BrN3O/c1-2-6-16-7-8-17(13(16)18)9-10-4-3-5-11(15)12(10)14/h3-5,7-8H,2,6,9,15H2,1H3. The van der Waals surface area contributed by atoms with E-state index in [1.54, 1.807) is 9.13 Å². The molecule has 18 heavy (non-hydrogen) atoms. The van der Waals surface area contributed by atoms with E-state index in [-0.39, 0.29) is 5.69 Å². The molecule has 0 radical (unpaired) electrons. The third-order valence-corrected chi connectivity index (χ3v) is 3.80. The molecule has 1 heterocycles. The van der Waals surface area contributed by atoms with E-state index in [1.807, 2.05) is 30.6 Å². The van der Waals surface area contributed by atoms with Crippen LogP contribution < -0.4 is 11.4 Å². The maximum absolute atomic E-state index is 12.0. The molecule has 4 nitrogen and oxygen atoms in total. The highest BCUT2D eigenvalue weighted by Crippen LogP contribution is 2.24. The summed E-state index contributed by atoms with van der Waals surface area (Å²) in [6, 6.07) is 5.69. The zero-order chi connectivity index (χ0) is 13.1. The van der Waals surface area contributed by atoms with Crippen molar-refractivity contribution in [2.24, 2.45) is 0 Å². The highest BCUT2D eigenvalue weighted by Gasteiger charge is 2.07. The van der Waals surface area contributed by atoms with Crippen molar-refractivity contribution < 1.29 is 0 Å². The minimum absolute atomic E-state index is 0.0196. The minimum Gasteiger partial charge on any atom is -0.398 e. The Morgan fingerprint density at radius 1 is 1.28 bits per heavy atom. The first kappa shape index (κ1) is 13.0. The quantitative estimate of drug-likeness (QED) is 0.882. The van der Waals surface area contributed by atoms with Crippen molar-refractivity contribution in [1.82, 2.24) is 9.13 Å². The van der Waals surface area contributed by atoms with Gasteiger partial charge in [-0.15, -0.1) is 0 Å². The van der Waals surface area contributed by atoms with E-state index in [4.69, 9.17) is 5.73 Å². The van der Waals surface area contributed by atoms with Gasteiger partial charge in [0.05, 0.1) is 6.54 Å². The Bertz CT molecular complexity index is 601. The Hall–Kier alpha value is -1.49. The van der Waals surface area contributed by atoms with Crippen molar-refractivity contribution in [2.45, 2.75) is 26.4 Å². The second kappa shape index (κ2) is 5.44. The van der Waals surface area contributed by atoms with E-state index in [2.05, 4.69) is 22.9 Å². The summed E-state index contributed by atoms with van der Waals surface area (Å²) in [5.74, 6) is 0. The van der Waals surface area contributed by atoms with Gasteiger partial charge in [-0.3, -0.25) is 9.13 Å². The molecule has 2 rings (SSSR count). The van der Waals surface area contributed by atoms with Gasteiger partial charge in [0.15, 0.2) is 0 Å². The van der Waals surface area contributed by atoms with Crippen molar-refractivity contribution in [3.63, 3.8) is 0 Å². The van der Waals surface area contributed by atoms with Gasteiger partial charge in [0, 0.05) is 29.1 Å². The molecule has 0 fully saturated rings. The van der Waals surface area contributed by atoms with Crippen LogP contribution in [-0.2, 0) is 13.1 Å². The van der Waals surface area contributed by atoms with Gasteiger partial charge in [-0.1, -0.05) is 19.1 Å². The fourth-order valence-electron chi connectivity index (χ4n) is 1.89. The van der Waals surface area contributed by atoms with Gasteiger partial charge in [-0.25, -0.2) is 4.79 Å². The Morgan fingerprint density at radius 2 is 2.00 bits per heavy atom. The molecule has 0 unspecified atom stereocenters. The predicted molar refractivity (Wildman–Crippen MR) is 76.6 cm³/mol. The molecule has 0 saturated heterocycles. The monoisotopic (exact) mass is 309 g/mol. The van der Waals surface area contributed by atoms with Crippen molar-refractivity contribution >= 4 is 21.6 Å². The third-order valence-electron chi connectivity index (χ3n) is 2.83. The van der Waals surface area contributed by atoms with Crippen LogP contribution in [0.4, 0.5) is 5.69 Å². The normalized spacial score (nSPS) is 10.8. The molecule has 0 aliphatic carbocycles. The van der Waals surface area contributed by atoms with Gasteiger partial charge in [0.1, 0.15) is 0 Å². The maximum Gasteiger partial charge on any atom is 0.328 e. The first-order chi connectivity index (χ1) is 8.63. The largest absolute Gasteiger partial charge is 0.398 e. The van der Waals surface area contributed by atoms with E-state index in [0.717, 1.165) is 23.0 Å². The summed E-state index contributed by atoms with van der Waals surface area (Å²) >= 11 is 3.45. The Morgan fingerprint density at radius 3 is 2.72 bits per heavy atom. The van der Waals surface area contributed by atoms with Crippen LogP contribution >= 0.6 is 15.9 Å². The highest BCUT2D eigenvalue weighted by molar-refractivity contribution is 9.10. The van der Waals surface area contributed by atoms with Crippen LogP contribution in [0, 0.1) is 0 Å². The zero-order valence-electron chi connectivity index (χ0n) is 10.3. The summed E-state index contributed by atoms with van der Waals surface area (Å²) in [4.78, 5) is 12.0. The molecule has 0 atom stereocenters. The molecular formula is C13H16BrN3O. The second-order valence-electron chi connectivity index (χ2n) is 4.22. The Kier molecular flexibility index (Phi) is 3.91. The van der Waals surface area contributed by atoms with Gasteiger partial charge < -0.3 is 5.73 Å². The number of halogens is 1. The van der Waals surface area contributed by atoms with Crippen molar-refractivity contribution in [3.8, 4) is 0 Å². The predicted octanol–water partition coefficient (Wildman–Crippen LogP) is 2.45. The molecule has 1 aromatic heterocycles. The number of hydrogen-bond acceptors (Lipinski definition) is 2. The molecular weight excluding hydrogens is 294 g/mol. The second-order valence-corrected chi connectivity index (χ2v) is 5.02. The number of imidazole rings is 1. The van der Waals surface area contributed by atoms with Crippen LogP contribution in [0.2, 0.25) is 0 Å². The summed E-state index contributed by atoms with van der Waals surface area (Å²) in [6.45, 7) is 3.34. The summed E-state index contributed by atoms with van der Waals surface area (Å²) < 4.78 is 4.27. The van der Waals surface area contributed by atoms with Gasteiger partial charge in [-0.2, -0.15) is 0 Å². The number of nitrogens with zero attached hydrogens (tertiary/aromatic N) is 2. The van der Waals surface area contributed by atoms with Crippen LogP contribution in [0.3, 0.4) is 0 Å². The highest BCUT2D eigenvalue weighted by atomic mass is 79.9. The lowest BCUT2D eigenvalue weighted by molar-refractivity contribution is 0.624. The van der Waals surface area contributed by atoms with E-state index >= 15 is 0 Å². The molecule has 1 aromatic carbocycles. The molecule has 96 valence electrons.